The van der Waals surface area contributed by atoms with E-state index >= 15 is 0 Å². The van der Waals surface area contributed by atoms with E-state index in [-0.39, 0.29) is 13.2 Å². The molecule has 0 rings (SSSR count). The summed E-state index contributed by atoms with van der Waals surface area (Å²) in [6, 6.07) is 0.617. The summed E-state index contributed by atoms with van der Waals surface area (Å²) in [5, 5.41) is 2.60. The average molecular weight is 336 g/mol. The molecule has 0 aliphatic carbocycles. The average Bonchev–Trinajstić information content (AvgIpc) is 2.49. The maximum absolute atomic E-state index is 11.3. The fourth-order valence-corrected chi connectivity index (χ4v) is 4.38. The van der Waals surface area contributed by atoms with Gasteiger partial charge >= 0.3 is 21.4 Å². The van der Waals surface area contributed by atoms with Gasteiger partial charge in [0.05, 0.1) is 0 Å². The zero-order chi connectivity index (χ0) is 16.7. The van der Waals surface area contributed by atoms with E-state index in [0.717, 1.165) is 0 Å². The highest BCUT2D eigenvalue weighted by Gasteiger charge is 2.39. The Balaban J connectivity index is 4.00. The van der Waals surface area contributed by atoms with Crippen molar-refractivity contribution < 1.29 is 32.3 Å². The highest BCUT2D eigenvalue weighted by molar-refractivity contribution is 6.60. The first-order valence-electron chi connectivity index (χ1n) is 7.45. The van der Waals surface area contributed by atoms with Crippen LogP contribution in [0, 0.1) is 0 Å². The molecule has 0 saturated heterocycles. The topological polar surface area (TPSA) is 92.3 Å². The number of nitrogens with one attached hydrogen (secondary N) is 1. The Morgan fingerprint density at radius 3 is 2.14 bits per heavy atom. The van der Waals surface area contributed by atoms with Gasteiger partial charge in [0.15, 0.2) is 0 Å². The molecule has 0 aliphatic rings. The van der Waals surface area contributed by atoms with Crippen LogP contribution in [0.5, 0.6) is 0 Å². The predicted molar refractivity (Wildman–Crippen MR) is 81.1 cm³/mol. The van der Waals surface area contributed by atoms with E-state index in [1.807, 2.05) is 20.8 Å². The number of ether oxygens (including phenoxy) is 2. The molecule has 0 saturated carbocycles. The van der Waals surface area contributed by atoms with E-state index in [9.17, 15) is 9.59 Å². The van der Waals surface area contributed by atoms with Crippen LogP contribution in [-0.4, -0.2) is 60.9 Å². The van der Waals surface area contributed by atoms with Crippen molar-refractivity contribution in [3.8, 4) is 0 Å². The van der Waals surface area contributed by atoms with Gasteiger partial charge in [-0.2, -0.15) is 0 Å². The first-order valence-corrected chi connectivity index (χ1v) is 9.38. The standard InChI is InChI=1S/C13H26NO7Si/c1-4-19-22(20-5-2,21-6-3)11-7-8-14-13(16)18-10-9-17-12-15/h4-11H2,1-3H3,(H,14,16). The van der Waals surface area contributed by atoms with Crippen LogP contribution in [0.25, 0.3) is 0 Å². The molecule has 0 fully saturated rings. The van der Waals surface area contributed by atoms with E-state index in [4.69, 9.17) is 18.0 Å². The van der Waals surface area contributed by atoms with E-state index in [1.165, 1.54) is 6.47 Å². The minimum absolute atomic E-state index is 0.00337. The van der Waals surface area contributed by atoms with Crippen molar-refractivity contribution in [2.75, 3.05) is 39.6 Å². The van der Waals surface area contributed by atoms with Crippen LogP contribution >= 0.6 is 0 Å². The molecule has 0 atom stereocenters. The third-order valence-electron chi connectivity index (χ3n) is 2.50. The van der Waals surface area contributed by atoms with Crippen LogP contribution in [0.15, 0.2) is 0 Å². The smallest absolute Gasteiger partial charge is 0.454 e. The molecule has 0 aromatic carbocycles. The summed E-state index contributed by atoms with van der Waals surface area (Å²) >= 11 is 0. The molecular formula is C13H26NO7Si. The molecule has 8 nitrogen and oxygen atoms in total. The van der Waals surface area contributed by atoms with Crippen LogP contribution in [0.1, 0.15) is 27.2 Å². The maximum Gasteiger partial charge on any atom is 0.500 e. The van der Waals surface area contributed by atoms with E-state index in [2.05, 4.69) is 10.1 Å². The monoisotopic (exact) mass is 336 g/mol. The number of hydrogen-bond donors (Lipinski definition) is 1. The van der Waals surface area contributed by atoms with Crippen molar-refractivity contribution in [2.45, 2.75) is 33.2 Å². The van der Waals surface area contributed by atoms with E-state index < -0.39 is 14.9 Å². The highest BCUT2D eigenvalue weighted by Crippen LogP contribution is 2.17. The number of carbonyl (C=O) groups is 1. The van der Waals surface area contributed by atoms with Crippen molar-refractivity contribution in [3.05, 3.63) is 0 Å². The first-order chi connectivity index (χ1) is 10.6. The Morgan fingerprint density at radius 2 is 1.64 bits per heavy atom. The number of hydrogen-bond acceptors (Lipinski definition) is 7. The molecule has 1 radical (unpaired) electrons. The number of amides is 1. The van der Waals surface area contributed by atoms with Crippen molar-refractivity contribution in [1.82, 2.24) is 5.32 Å². The summed E-state index contributed by atoms with van der Waals surface area (Å²) in [5.74, 6) is 0. The summed E-state index contributed by atoms with van der Waals surface area (Å²) < 4.78 is 26.2. The van der Waals surface area contributed by atoms with Crippen LogP contribution < -0.4 is 5.32 Å². The van der Waals surface area contributed by atoms with Crippen molar-refractivity contribution in [2.24, 2.45) is 0 Å². The number of carbonyl (C=O) groups excluding carboxylic acids is 2. The SMILES string of the molecule is CCO[Si](CCCNC(=O)OCCO[C]=O)(OCC)OCC. The number of rotatable bonds is 14. The molecule has 0 aromatic rings. The van der Waals surface area contributed by atoms with Gasteiger partial charge in [0, 0.05) is 32.4 Å². The summed E-state index contributed by atoms with van der Waals surface area (Å²) in [5.41, 5.74) is 0. The normalized spacial score (nSPS) is 11.0. The number of alkyl carbamates (subject to hydrolysis) is 1. The molecule has 9 heteroatoms. The molecule has 0 unspecified atom stereocenters. The maximum atomic E-state index is 11.3. The zero-order valence-electron chi connectivity index (χ0n) is 13.5. The molecular weight excluding hydrogens is 310 g/mol. The summed E-state index contributed by atoms with van der Waals surface area (Å²) in [6.07, 6.45) is 0.0888. The van der Waals surface area contributed by atoms with Crippen LogP contribution in [-0.2, 0) is 27.5 Å². The molecule has 0 aliphatic heterocycles. The quantitative estimate of drug-likeness (QED) is 0.377. The zero-order valence-corrected chi connectivity index (χ0v) is 14.5. The van der Waals surface area contributed by atoms with E-state index in [1.54, 1.807) is 0 Å². The van der Waals surface area contributed by atoms with Gasteiger partial charge < -0.3 is 28.1 Å². The largest absolute Gasteiger partial charge is 0.500 e. The van der Waals surface area contributed by atoms with Gasteiger partial charge in [0.2, 0.25) is 0 Å². The lowest BCUT2D eigenvalue weighted by Crippen LogP contribution is -2.46. The molecule has 0 heterocycles. The minimum Gasteiger partial charge on any atom is -0.454 e. The second-order valence-corrected chi connectivity index (χ2v) is 6.81. The van der Waals surface area contributed by atoms with Gasteiger partial charge in [-0.05, 0) is 27.2 Å². The van der Waals surface area contributed by atoms with Crippen molar-refractivity contribution in [3.63, 3.8) is 0 Å². The molecule has 0 aromatic heterocycles. The third kappa shape index (κ3) is 9.72. The van der Waals surface area contributed by atoms with Crippen LogP contribution in [0.4, 0.5) is 4.79 Å². The molecule has 1 amide bonds. The second kappa shape index (κ2) is 13.5. The minimum atomic E-state index is -2.66. The summed E-state index contributed by atoms with van der Waals surface area (Å²) in [6.45, 7) is 8.92. The Labute approximate surface area is 132 Å². The van der Waals surface area contributed by atoms with Crippen LogP contribution in [0.3, 0.4) is 0 Å². The predicted octanol–water partition coefficient (Wildman–Crippen LogP) is 1.23. The lowest BCUT2D eigenvalue weighted by Gasteiger charge is -2.28. The fraction of sp³-hybridized carbons (Fsp3) is 0.846. The summed E-state index contributed by atoms with van der Waals surface area (Å²) in [7, 11) is -2.66. The Kier molecular flexibility index (Phi) is 12.8. The lowest BCUT2D eigenvalue weighted by atomic mass is 10.5. The molecule has 0 spiro atoms. The van der Waals surface area contributed by atoms with Crippen molar-refractivity contribution in [1.29, 1.82) is 0 Å². The fourth-order valence-electron chi connectivity index (χ4n) is 1.77. The molecule has 1 N–H and O–H groups in total. The van der Waals surface area contributed by atoms with Crippen molar-refractivity contribution >= 4 is 21.4 Å². The van der Waals surface area contributed by atoms with Gasteiger partial charge in [-0.1, -0.05) is 0 Å². The summed E-state index contributed by atoms with van der Waals surface area (Å²) in [4.78, 5) is 21.1. The lowest BCUT2D eigenvalue weighted by molar-refractivity contribution is 0.0706. The Hall–Kier alpha value is -1.16. The first kappa shape index (κ1) is 20.8. The molecule has 22 heavy (non-hydrogen) atoms. The molecule has 129 valence electrons. The third-order valence-corrected chi connectivity index (χ3v) is 5.65. The van der Waals surface area contributed by atoms with Gasteiger partial charge in [0.25, 0.3) is 0 Å². The van der Waals surface area contributed by atoms with Gasteiger partial charge in [0.1, 0.15) is 13.2 Å². The highest BCUT2D eigenvalue weighted by atomic mass is 28.4. The van der Waals surface area contributed by atoms with Crippen LogP contribution in [0.2, 0.25) is 6.04 Å². The van der Waals surface area contributed by atoms with Gasteiger partial charge in [-0.15, -0.1) is 0 Å². The van der Waals surface area contributed by atoms with E-state index in [0.29, 0.717) is 38.8 Å². The van der Waals surface area contributed by atoms with Gasteiger partial charge in [-0.25, -0.2) is 9.59 Å². The molecule has 0 bridgehead atoms. The Bertz CT molecular complexity index is 287. The van der Waals surface area contributed by atoms with Gasteiger partial charge in [-0.3, -0.25) is 0 Å². The second-order valence-electron chi connectivity index (χ2n) is 4.08. The Morgan fingerprint density at radius 1 is 1.05 bits per heavy atom.